The van der Waals surface area contributed by atoms with Crippen LogP contribution in [0.4, 0.5) is 0 Å². The number of H-pyrrole nitrogens is 1. The molecule has 8 heteroatoms. The van der Waals surface area contributed by atoms with E-state index in [2.05, 4.69) is 21.2 Å². The van der Waals surface area contributed by atoms with Crippen LogP contribution in [-0.2, 0) is 20.8 Å². The van der Waals surface area contributed by atoms with Crippen LogP contribution in [0.2, 0.25) is 0 Å². The van der Waals surface area contributed by atoms with Crippen molar-refractivity contribution in [1.29, 1.82) is 0 Å². The van der Waals surface area contributed by atoms with Gasteiger partial charge in [-0.2, -0.15) is 0 Å². The summed E-state index contributed by atoms with van der Waals surface area (Å²) in [5.74, 6) is -1.21. The number of fused-ring (bicyclic) bond motifs is 1. The highest BCUT2D eigenvalue weighted by atomic mass is 16.5. The maximum Gasteiger partial charge on any atom is 0.327 e. The number of hydrogen-bond donors (Lipinski definition) is 4. The Morgan fingerprint density at radius 3 is 2.45 bits per heavy atom. The predicted molar refractivity (Wildman–Crippen MR) is 116 cm³/mol. The van der Waals surface area contributed by atoms with Crippen molar-refractivity contribution in [1.82, 2.24) is 21.2 Å². The highest BCUT2D eigenvalue weighted by Gasteiger charge is 2.26. The number of methoxy groups -OCH3 is 1. The van der Waals surface area contributed by atoms with Crippen LogP contribution in [0.5, 0.6) is 5.75 Å². The zero-order valence-corrected chi connectivity index (χ0v) is 17.2. The Balaban J connectivity index is 1.44. The third-order valence-corrected chi connectivity index (χ3v) is 5.23. The van der Waals surface area contributed by atoms with Gasteiger partial charge in [-0.1, -0.05) is 18.2 Å². The van der Waals surface area contributed by atoms with Crippen LogP contribution in [-0.4, -0.2) is 35.9 Å². The molecule has 3 amide bonds. The molecule has 4 N–H and O–H groups in total. The SMILES string of the molecule is COc1ccc(-c2[nH]c3ccccc3c2CCC(=O)NNC(=O)C(=O)NC2CC2)cc1. The summed E-state index contributed by atoms with van der Waals surface area (Å²) >= 11 is 0. The summed E-state index contributed by atoms with van der Waals surface area (Å²) in [5, 5.41) is 3.61. The average Bonchev–Trinajstić information content (AvgIpc) is 3.53. The summed E-state index contributed by atoms with van der Waals surface area (Å²) in [6.45, 7) is 0. The first-order valence-electron chi connectivity index (χ1n) is 10.2. The van der Waals surface area contributed by atoms with Crippen LogP contribution >= 0.6 is 0 Å². The lowest BCUT2D eigenvalue weighted by Gasteiger charge is -2.09. The summed E-state index contributed by atoms with van der Waals surface area (Å²) in [6, 6.07) is 15.7. The fraction of sp³-hybridized carbons (Fsp3) is 0.261. The third kappa shape index (κ3) is 4.85. The quantitative estimate of drug-likeness (QED) is 0.362. The van der Waals surface area contributed by atoms with Crippen LogP contribution in [0.15, 0.2) is 48.5 Å². The molecule has 1 aliphatic carbocycles. The van der Waals surface area contributed by atoms with Gasteiger partial charge in [0.05, 0.1) is 7.11 Å². The van der Waals surface area contributed by atoms with Crippen molar-refractivity contribution in [3.63, 3.8) is 0 Å². The lowest BCUT2D eigenvalue weighted by molar-refractivity contribution is -0.141. The molecule has 0 unspecified atom stereocenters. The zero-order valence-electron chi connectivity index (χ0n) is 17.2. The van der Waals surface area contributed by atoms with E-state index in [9.17, 15) is 14.4 Å². The number of carbonyl (C=O) groups is 3. The number of amides is 3. The minimum absolute atomic E-state index is 0.0761. The number of benzene rings is 2. The Morgan fingerprint density at radius 2 is 1.74 bits per heavy atom. The second-order valence-electron chi connectivity index (χ2n) is 7.50. The second kappa shape index (κ2) is 8.91. The van der Waals surface area contributed by atoms with Crippen molar-refractivity contribution in [2.24, 2.45) is 0 Å². The number of aromatic amines is 1. The predicted octanol–water partition coefficient (Wildman–Crippen LogP) is 2.20. The Kier molecular flexibility index (Phi) is 5.88. The van der Waals surface area contributed by atoms with Gasteiger partial charge in [0, 0.05) is 29.1 Å². The van der Waals surface area contributed by atoms with Gasteiger partial charge in [0.25, 0.3) is 0 Å². The summed E-state index contributed by atoms with van der Waals surface area (Å²) < 4.78 is 5.23. The van der Waals surface area contributed by atoms with Gasteiger partial charge in [-0.25, -0.2) is 0 Å². The number of hydrazine groups is 1. The lowest BCUT2D eigenvalue weighted by atomic mass is 10.0. The number of aromatic nitrogens is 1. The normalized spacial score (nSPS) is 12.9. The first-order chi connectivity index (χ1) is 15.0. The van der Waals surface area contributed by atoms with E-state index in [0.29, 0.717) is 6.42 Å². The van der Waals surface area contributed by atoms with Crippen LogP contribution in [0.1, 0.15) is 24.8 Å². The summed E-state index contributed by atoms with van der Waals surface area (Å²) in [6.07, 6.45) is 2.37. The molecule has 0 saturated heterocycles. The molecule has 1 saturated carbocycles. The monoisotopic (exact) mass is 420 g/mol. The highest BCUT2D eigenvalue weighted by molar-refractivity contribution is 6.35. The molecule has 0 spiro atoms. The first-order valence-corrected chi connectivity index (χ1v) is 10.2. The molecule has 31 heavy (non-hydrogen) atoms. The minimum atomic E-state index is -0.869. The molecule has 0 atom stereocenters. The molecule has 3 aromatic rings. The first kappa shape index (κ1) is 20.5. The molecular formula is C23H24N4O4. The van der Waals surface area contributed by atoms with Gasteiger partial charge in [0.2, 0.25) is 5.91 Å². The van der Waals surface area contributed by atoms with Gasteiger partial charge in [0.1, 0.15) is 5.75 Å². The Hall–Kier alpha value is -3.81. The van der Waals surface area contributed by atoms with E-state index >= 15 is 0 Å². The molecule has 1 fully saturated rings. The molecule has 0 radical (unpaired) electrons. The van der Waals surface area contributed by atoms with Gasteiger partial charge in [-0.05, 0) is 60.7 Å². The smallest absolute Gasteiger partial charge is 0.327 e. The average molecular weight is 420 g/mol. The molecule has 2 aromatic carbocycles. The van der Waals surface area contributed by atoms with Crippen molar-refractivity contribution in [3.05, 3.63) is 54.1 Å². The van der Waals surface area contributed by atoms with Crippen molar-refractivity contribution in [3.8, 4) is 17.0 Å². The molecule has 1 heterocycles. The van der Waals surface area contributed by atoms with Gasteiger partial charge in [-0.15, -0.1) is 0 Å². The molecule has 1 aromatic heterocycles. The van der Waals surface area contributed by atoms with Crippen molar-refractivity contribution in [2.45, 2.75) is 31.7 Å². The van der Waals surface area contributed by atoms with Gasteiger partial charge in [0.15, 0.2) is 0 Å². The standard InChI is InChI=1S/C23H24N4O4/c1-31-16-10-6-14(7-11-16)21-18(17-4-2-3-5-19(17)25-21)12-13-20(28)26-27-23(30)22(29)24-15-8-9-15/h2-7,10-11,15,25H,8-9,12-13H2,1H3,(H,24,29)(H,26,28)(H,27,30). The molecule has 8 nitrogen and oxygen atoms in total. The summed E-state index contributed by atoms with van der Waals surface area (Å²) in [4.78, 5) is 39.1. The number of hydrogen-bond acceptors (Lipinski definition) is 4. The van der Waals surface area contributed by atoms with E-state index in [4.69, 9.17) is 4.74 Å². The number of ether oxygens (including phenoxy) is 1. The molecule has 1 aliphatic rings. The summed E-state index contributed by atoms with van der Waals surface area (Å²) in [5.41, 5.74) is 8.39. The van der Waals surface area contributed by atoms with Crippen LogP contribution in [0.3, 0.4) is 0 Å². The number of carbonyl (C=O) groups excluding carboxylic acids is 3. The summed E-state index contributed by atoms with van der Waals surface area (Å²) in [7, 11) is 1.62. The van der Waals surface area contributed by atoms with Crippen LogP contribution in [0, 0.1) is 0 Å². The highest BCUT2D eigenvalue weighted by Crippen LogP contribution is 2.32. The molecule has 0 bridgehead atoms. The second-order valence-corrected chi connectivity index (χ2v) is 7.50. The van der Waals surface area contributed by atoms with Crippen molar-refractivity contribution in [2.75, 3.05) is 7.11 Å². The molecule has 0 aliphatic heterocycles. The molecule has 160 valence electrons. The minimum Gasteiger partial charge on any atom is -0.497 e. The van der Waals surface area contributed by atoms with E-state index in [1.54, 1.807) is 7.11 Å². The van der Waals surface area contributed by atoms with E-state index < -0.39 is 11.8 Å². The number of para-hydroxylation sites is 1. The van der Waals surface area contributed by atoms with Crippen LogP contribution < -0.4 is 20.9 Å². The van der Waals surface area contributed by atoms with Crippen LogP contribution in [0.25, 0.3) is 22.2 Å². The fourth-order valence-corrected chi connectivity index (χ4v) is 3.43. The molecule has 4 rings (SSSR count). The maximum atomic E-state index is 12.3. The number of rotatable bonds is 6. The van der Waals surface area contributed by atoms with Gasteiger partial charge < -0.3 is 15.0 Å². The van der Waals surface area contributed by atoms with Gasteiger partial charge in [-0.3, -0.25) is 25.2 Å². The Morgan fingerprint density at radius 1 is 1.00 bits per heavy atom. The van der Waals surface area contributed by atoms with E-state index in [0.717, 1.165) is 46.3 Å². The van der Waals surface area contributed by atoms with E-state index in [1.165, 1.54) is 0 Å². The fourth-order valence-electron chi connectivity index (χ4n) is 3.43. The number of aryl methyl sites for hydroxylation is 1. The lowest BCUT2D eigenvalue weighted by Crippen LogP contribution is -2.49. The third-order valence-electron chi connectivity index (χ3n) is 5.23. The zero-order chi connectivity index (χ0) is 21.8. The topological polar surface area (TPSA) is 112 Å². The Labute approximate surface area is 179 Å². The van der Waals surface area contributed by atoms with Crippen molar-refractivity contribution < 1.29 is 19.1 Å². The van der Waals surface area contributed by atoms with E-state index in [1.807, 2.05) is 48.5 Å². The molecular weight excluding hydrogens is 396 g/mol. The van der Waals surface area contributed by atoms with Crippen molar-refractivity contribution >= 4 is 28.6 Å². The van der Waals surface area contributed by atoms with E-state index in [-0.39, 0.29) is 18.4 Å². The Bertz CT molecular complexity index is 1120. The van der Waals surface area contributed by atoms with Gasteiger partial charge >= 0.3 is 11.8 Å². The largest absolute Gasteiger partial charge is 0.497 e. The number of nitrogens with one attached hydrogen (secondary N) is 4. The maximum absolute atomic E-state index is 12.3.